The predicted molar refractivity (Wildman–Crippen MR) is 84.9 cm³/mol. The number of benzene rings is 2. The van der Waals surface area contributed by atoms with Gasteiger partial charge in [-0.15, -0.1) is 0 Å². The summed E-state index contributed by atoms with van der Waals surface area (Å²) in [6.07, 6.45) is 0.828. The molecule has 108 valence electrons. The summed E-state index contributed by atoms with van der Waals surface area (Å²) >= 11 is 3.32. The molecule has 2 aromatic rings. The first kappa shape index (κ1) is 14.1. The maximum absolute atomic E-state index is 11.4. The van der Waals surface area contributed by atoms with E-state index in [1.807, 2.05) is 30.3 Å². The van der Waals surface area contributed by atoms with Crippen LogP contribution in [0.15, 0.2) is 40.9 Å². The fourth-order valence-electron chi connectivity index (χ4n) is 2.72. The van der Waals surface area contributed by atoms with Crippen LogP contribution >= 0.6 is 15.9 Å². The van der Waals surface area contributed by atoms with Gasteiger partial charge in [-0.05, 0) is 54.8 Å². The number of carboxylic acid groups (broad SMARTS) is 1. The van der Waals surface area contributed by atoms with Crippen LogP contribution in [0.2, 0.25) is 0 Å². The van der Waals surface area contributed by atoms with E-state index in [0.29, 0.717) is 5.56 Å². The Morgan fingerprint density at radius 3 is 2.71 bits per heavy atom. The highest BCUT2D eigenvalue weighted by Crippen LogP contribution is 2.38. The van der Waals surface area contributed by atoms with Crippen LogP contribution in [0.25, 0.3) is 11.1 Å². The molecule has 0 unspecified atom stereocenters. The van der Waals surface area contributed by atoms with Gasteiger partial charge in [0.15, 0.2) is 0 Å². The summed E-state index contributed by atoms with van der Waals surface area (Å²) in [7, 11) is 0. The number of hydrogen-bond acceptors (Lipinski definition) is 2. The number of hydrogen-bond donors (Lipinski definition) is 1. The monoisotopic (exact) mass is 346 g/mol. The smallest absolute Gasteiger partial charge is 0.336 e. The molecule has 1 N–H and O–H groups in total. The van der Waals surface area contributed by atoms with Crippen LogP contribution in [0.5, 0.6) is 5.75 Å². The molecular formula is C17H15BrO3. The molecule has 0 fully saturated rings. The molecule has 3 nitrogen and oxygen atoms in total. The van der Waals surface area contributed by atoms with E-state index < -0.39 is 5.97 Å². The molecule has 1 heterocycles. The van der Waals surface area contributed by atoms with Crippen LogP contribution in [0, 0.1) is 0 Å². The summed E-state index contributed by atoms with van der Waals surface area (Å²) < 4.78 is 6.62. The molecule has 0 atom stereocenters. The Labute approximate surface area is 131 Å². The minimum absolute atomic E-state index is 0.198. The van der Waals surface area contributed by atoms with Gasteiger partial charge in [-0.1, -0.05) is 28.1 Å². The molecule has 0 spiro atoms. The summed E-state index contributed by atoms with van der Waals surface area (Å²) in [6, 6.07) is 11.2. The first-order valence-electron chi connectivity index (χ1n) is 6.71. The summed E-state index contributed by atoms with van der Waals surface area (Å²) in [5.41, 5.74) is 2.84. The van der Waals surface area contributed by atoms with E-state index in [0.717, 1.165) is 33.3 Å². The third kappa shape index (κ3) is 2.68. The van der Waals surface area contributed by atoms with Crippen LogP contribution in [0.3, 0.4) is 0 Å². The van der Waals surface area contributed by atoms with E-state index in [4.69, 9.17) is 4.74 Å². The molecule has 21 heavy (non-hydrogen) atoms. The van der Waals surface area contributed by atoms with Gasteiger partial charge in [-0.3, -0.25) is 0 Å². The first-order chi connectivity index (χ1) is 9.85. The highest BCUT2D eigenvalue weighted by molar-refractivity contribution is 9.10. The number of rotatable bonds is 2. The Morgan fingerprint density at radius 2 is 2.00 bits per heavy atom. The highest BCUT2D eigenvalue weighted by atomic mass is 79.9. The summed E-state index contributed by atoms with van der Waals surface area (Å²) in [5.74, 6) is -0.0406. The van der Waals surface area contributed by atoms with E-state index in [1.54, 1.807) is 6.07 Å². The summed E-state index contributed by atoms with van der Waals surface area (Å²) in [5, 5.41) is 9.38. The predicted octanol–water partition coefficient (Wildman–Crippen LogP) is 4.53. The van der Waals surface area contributed by atoms with Crippen molar-refractivity contribution in [1.82, 2.24) is 0 Å². The molecule has 0 amide bonds. The molecule has 0 aliphatic carbocycles. The molecule has 0 bridgehead atoms. The van der Waals surface area contributed by atoms with Gasteiger partial charge in [0, 0.05) is 10.9 Å². The van der Waals surface area contributed by atoms with Gasteiger partial charge in [0.05, 0.1) is 5.56 Å². The van der Waals surface area contributed by atoms with E-state index in [2.05, 4.69) is 29.8 Å². The van der Waals surface area contributed by atoms with Gasteiger partial charge in [0.25, 0.3) is 0 Å². The first-order valence-corrected chi connectivity index (χ1v) is 7.50. The Kier molecular flexibility index (Phi) is 3.29. The Balaban J connectivity index is 2.09. The van der Waals surface area contributed by atoms with Gasteiger partial charge in [-0.2, -0.15) is 0 Å². The minimum atomic E-state index is -0.927. The quantitative estimate of drug-likeness (QED) is 0.868. The zero-order valence-corrected chi connectivity index (χ0v) is 13.4. The molecule has 2 aromatic carbocycles. The number of carboxylic acids is 1. The second kappa shape index (κ2) is 4.88. The second-order valence-electron chi connectivity index (χ2n) is 5.86. The zero-order chi connectivity index (χ0) is 15.2. The molecule has 0 radical (unpaired) electrons. The molecule has 0 saturated carbocycles. The molecule has 3 rings (SSSR count). The van der Waals surface area contributed by atoms with Crippen molar-refractivity contribution < 1.29 is 14.6 Å². The Hall–Kier alpha value is -1.81. The summed E-state index contributed by atoms with van der Waals surface area (Å²) in [4.78, 5) is 11.4. The third-order valence-corrected chi connectivity index (χ3v) is 4.08. The fourth-order valence-corrected chi connectivity index (χ4v) is 3.08. The van der Waals surface area contributed by atoms with Crippen LogP contribution in [0.1, 0.15) is 29.8 Å². The lowest BCUT2D eigenvalue weighted by Gasteiger charge is -2.16. The van der Waals surface area contributed by atoms with E-state index in [1.165, 1.54) is 0 Å². The van der Waals surface area contributed by atoms with Crippen LogP contribution < -0.4 is 4.74 Å². The van der Waals surface area contributed by atoms with Gasteiger partial charge in [-0.25, -0.2) is 4.79 Å². The number of aromatic carboxylic acids is 1. The number of carbonyl (C=O) groups is 1. The molecular weight excluding hydrogens is 332 g/mol. The Bertz CT molecular complexity index is 735. The highest BCUT2D eigenvalue weighted by Gasteiger charge is 2.30. The van der Waals surface area contributed by atoms with Crippen LogP contribution in [-0.4, -0.2) is 16.7 Å². The van der Waals surface area contributed by atoms with Crippen molar-refractivity contribution in [2.45, 2.75) is 25.9 Å². The van der Waals surface area contributed by atoms with Crippen molar-refractivity contribution in [3.05, 3.63) is 52.0 Å². The van der Waals surface area contributed by atoms with E-state index >= 15 is 0 Å². The molecule has 4 heteroatoms. The standard InChI is InChI=1S/C17H15BrO3/c1-17(2)9-11-7-10(3-6-15(11)21-17)13-5-4-12(18)8-14(13)16(19)20/h3-8H,9H2,1-2H3,(H,19,20). The molecule has 1 aliphatic rings. The van der Waals surface area contributed by atoms with Crippen LogP contribution in [-0.2, 0) is 6.42 Å². The minimum Gasteiger partial charge on any atom is -0.487 e. The number of fused-ring (bicyclic) bond motifs is 1. The van der Waals surface area contributed by atoms with Gasteiger partial charge in [0.1, 0.15) is 11.4 Å². The summed E-state index contributed by atoms with van der Waals surface area (Å²) in [6.45, 7) is 4.10. The lowest BCUT2D eigenvalue weighted by molar-refractivity contribution is 0.0697. The molecule has 0 saturated heterocycles. The second-order valence-corrected chi connectivity index (χ2v) is 6.77. The SMILES string of the molecule is CC1(C)Cc2cc(-c3ccc(Br)cc3C(=O)O)ccc2O1. The normalized spacial score (nSPS) is 15.4. The van der Waals surface area contributed by atoms with Crippen molar-refractivity contribution >= 4 is 21.9 Å². The lowest BCUT2D eigenvalue weighted by Crippen LogP contribution is -2.24. The van der Waals surface area contributed by atoms with Crippen molar-refractivity contribution in [2.75, 3.05) is 0 Å². The van der Waals surface area contributed by atoms with Crippen molar-refractivity contribution in [3.63, 3.8) is 0 Å². The number of ether oxygens (including phenoxy) is 1. The van der Waals surface area contributed by atoms with E-state index in [-0.39, 0.29) is 5.60 Å². The maximum atomic E-state index is 11.4. The topological polar surface area (TPSA) is 46.5 Å². The lowest BCUT2D eigenvalue weighted by atomic mass is 9.95. The van der Waals surface area contributed by atoms with E-state index in [9.17, 15) is 9.90 Å². The zero-order valence-electron chi connectivity index (χ0n) is 11.8. The van der Waals surface area contributed by atoms with Gasteiger partial charge >= 0.3 is 5.97 Å². The van der Waals surface area contributed by atoms with Gasteiger partial charge < -0.3 is 9.84 Å². The number of halogens is 1. The maximum Gasteiger partial charge on any atom is 0.336 e. The van der Waals surface area contributed by atoms with Crippen LogP contribution in [0.4, 0.5) is 0 Å². The van der Waals surface area contributed by atoms with Crippen molar-refractivity contribution in [3.8, 4) is 16.9 Å². The van der Waals surface area contributed by atoms with Gasteiger partial charge in [0.2, 0.25) is 0 Å². The molecule has 1 aliphatic heterocycles. The third-order valence-electron chi connectivity index (χ3n) is 3.59. The average molecular weight is 347 g/mol. The average Bonchev–Trinajstić information content (AvgIpc) is 2.71. The van der Waals surface area contributed by atoms with Crippen molar-refractivity contribution in [1.29, 1.82) is 0 Å². The van der Waals surface area contributed by atoms with Crippen molar-refractivity contribution in [2.24, 2.45) is 0 Å². The largest absolute Gasteiger partial charge is 0.487 e. The molecule has 0 aromatic heterocycles. The Morgan fingerprint density at radius 1 is 1.24 bits per heavy atom. The fraction of sp³-hybridized carbons (Fsp3) is 0.235.